The molecule has 0 aliphatic rings. The lowest BCUT2D eigenvalue weighted by Crippen LogP contribution is -2.46. The van der Waals surface area contributed by atoms with Crippen molar-refractivity contribution in [1.82, 2.24) is 14.3 Å². The number of carbonyl (C=O) groups is 1. The van der Waals surface area contributed by atoms with E-state index in [0.29, 0.717) is 16.9 Å². The number of nitrogens with zero attached hydrogens (tertiary/aromatic N) is 2. The van der Waals surface area contributed by atoms with Crippen LogP contribution in [0.4, 0.5) is 13.2 Å². The Labute approximate surface area is 209 Å². The van der Waals surface area contributed by atoms with Gasteiger partial charge in [0.25, 0.3) is 5.91 Å². The first-order valence-corrected chi connectivity index (χ1v) is 12.0. The van der Waals surface area contributed by atoms with E-state index in [1.54, 1.807) is 29.7 Å². The molecule has 2 N–H and O–H groups in total. The molecule has 1 amide bonds. The lowest BCUT2D eigenvalue weighted by atomic mass is 9.92. The number of hydrogen-bond donors (Lipinski definition) is 2. The van der Waals surface area contributed by atoms with Gasteiger partial charge in [-0.3, -0.25) is 9.36 Å². The van der Waals surface area contributed by atoms with Crippen molar-refractivity contribution in [3.05, 3.63) is 94.4 Å². The fourth-order valence-corrected chi connectivity index (χ4v) is 5.09. The van der Waals surface area contributed by atoms with Crippen LogP contribution < -0.4 is 5.32 Å². The van der Waals surface area contributed by atoms with Crippen LogP contribution in [0.15, 0.2) is 72.8 Å². The number of aliphatic hydroxyl groups is 1. The predicted octanol–water partition coefficient (Wildman–Crippen LogP) is 6.20. The van der Waals surface area contributed by atoms with Crippen LogP contribution >= 0.6 is 11.5 Å². The fourth-order valence-electron chi connectivity index (χ4n) is 4.40. The second-order valence-electron chi connectivity index (χ2n) is 8.86. The molecule has 5 aromatic rings. The second kappa shape index (κ2) is 8.76. The molecule has 0 radical (unpaired) electrons. The average molecular weight is 510 g/mol. The summed E-state index contributed by atoms with van der Waals surface area (Å²) in [6.45, 7) is 3.39. The molecule has 0 saturated heterocycles. The normalized spacial score (nSPS) is 13.7. The molecule has 0 unspecified atom stereocenters. The van der Waals surface area contributed by atoms with Gasteiger partial charge in [-0.25, -0.2) is 0 Å². The van der Waals surface area contributed by atoms with Crippen molar-refractivity contribution < 1.29 is 23.1 Å². The van der Waals surface area contributed by atoms with Gasteiger partial charge in [-0.15, -0.1) is 0 Å². The van der Waals surface area contributed by atoms with E-state index in [1.165, 1.54) is 23.7 Å². The van der Waals surface area contributed by atoms with E-state index < -0.39 is 17.3 Å². The van der Waals surface area contributed by atoms with Crippen LogP contribution in [-0.2, 0) is 11.7 Å². The third-order valence-corrected chi connectivity index (χ3v) is 7.14. The van der Waals surface area contributed by atoms with Gasteiger partial charge in [-0.2, -0.15) is 17.5 Å². The van der Waals surface area contributed by atoms with Crippen molar-refractivity contribution in [2.75, 3.05) is 6.61 Å². The van der Waals surface area contributed by atoms with Crippen LogP contribution in [0.2, 0.25) is 0 Å². The van der Waals surface area contributed by atoms with Gasteiger partial charge < -0.3 is 10.4 Å². The Morgan fingerprint density at radius 1 is 1.03 bits per heavy atom. The Morgan fingerprint density at radius 3 is 2.36 bits per heavy atom. The van der Waals surface area contributed by atoms with Crippen molar-refractivity contribution in [2.24, 2.45) is 0 Å². The van der Waals surface area contributed by atoms with Gasteiger partial charge in [0.15, 0.2) is 5.65 Å². The molecule has 5 rings (SSSR count). The third-order valence-electron chi connectivity index (χ3n) is 6.39. The number of aliphatic hydroxyl groups excluding tert-OH is 1. The number of nitrogens with one attached hydrogen (secondary N) is 1. The first-order valence-electron chi connectivity index (χ1n) is 11.2. The summed E-state index contributed by atoms with van der Waals surface area (Å²) in [5.41, 5.74) is 1.36. The van der Waals surface area contributed by atoms with Crippen molar-refractivity contribution in [3.8, 4) is 5.69 Å². The first-order chi connectivity index (χ1) is 17.1. The quantitative estimate of drug-likeness (QED) is 0.296. The molecule has 5 nitrogen and oxygen atoms in total. The summed E-state index contributed by atoms with van der Waals surface area (Å²) in [6.07, 6.45) is -4.42. The van der Waals surface area contributed by atoms with Gasteiger partial charge in [-0.1, -0.05) is 30.3 Å². The molecule has 184 valence electrons. The Hall–Kier alpha value is -3.69. The fraction of sp³-hybridized carbons (Fsp3) is 0.185. The molecule has 2 aromatic heterocycles. The van der Waals surface area contributed by atoms with E-state index in [9.17, 15) is 23.1 Å². The highest BCUT2D eigenvalue weighted by Crippen LogP contribution is 2.37. The van der Waals surface area contributed by atoms with Gasteiger partial charge >= 0.3 is 6.18 Å². The summed E-state index contributed by atoms with van der Waals surface area (Å²) in [6, 6.07) is 19.4. The molecule has 36 heavy (non-hydrogen) atoms. The topological polar surface area (TPSA) is 67.2 Å². The number of aryl methyl sites for hydroxylation is 1. The van der Waals surface area contributed by atoms with Crippen molar-refractivity contribution >= 4 is 39.4 Å². The van der Waals surface area contributed by atoms with Crippen LogP contribution in [0.25, 0.3) is 27.6 Å². The summed E-state index contributed by atoms with van der Waals surface area (Å²) in [4.78, 5) is 14.2. The minimum absolute atomic E-state index is 0.285. The van der Waals surface area contributed by atoms with Gasteiger partial charge in [0.1, 0.15) is 0 Å². The zero-order valence-corrected chi connectivity index (χ0v) is 20.2. The number of fused-ring (bicyclic) bond motifs is 3. The Balaban J connectivity index is 1.58. The molecule has 9 heteroatoms. The maximum absolute atomic E-state index is 13.3. The Morgan fingerprint density at radius 2 is 1.72 bits per heavy atom. The number of rotatable bonds is 5. The van der Waals surface area contributed by atoms with Crippen LogP contribution in [0, 0.1) is 6.92 Å². The lowest BCUT2D eigenvalue weighted by molar-refractivity contribution is -0.137. The highest BCUT2D eigenvalue weighted by Gasteiger charge is 2.31. The van der Waals surface area contributed by atoms with E-state index in [4.69, 9.17) is 0 Å². The number of alkyl halides is 3. The maximum Gasteiger partial charge on any atom is 0.416 e. The SMILES string of the molecule is Cc1snc2c1c1cc(C(=O)N[C@](C)(CO)c3ccccc3)ccc1n2-c1ccc(C(F)(F)F)cc1. The molecule has 2 heterocycles. The van der Waals surface area contributed by atoms with E-state index in [1.807, 2.05) is 37.3 Å². The molecule has 0 spiro atoms. The summed E-state index contributed by atoms with van der Waals surface area (Å²) in [5.74, 6) is -0.353. The number of carbonyl (C=O) groups excluding carboxylic acids is 1. The smallest absolute Gasteiger partial charge is 0.394 e. The lowest BCUT2D eigenvalue weighted by Gasteiger charge is -2.29. The standard InChI is InChI=1S/C27H22F3N3O2S/c1-16-23-21-14-17(25(35)31-26(2,15-34)18-6-4-3-5-7-18)8-13-22(21)33(24(23)32-36-16)20-11-9-19(10-12-20)27(28,29)30/h3-14,34H,15H2,1-2H3,(H,31,35)/t26-/m1/s1. The summed E-state index contributed by atoms with van der Waals surface area (Å²) in [5, 5.41) is 14.6. The van der Waals surface area contributed by atoms with Crippen LogP contribution in [0.3, 0.4) is 0 Å². The average Bonchev–Trinajstić information content (AvgIpc) is 3.41. The maximum atomic E-state index is 13.3. The molecule has 0 saturated carbocycles. The number of aromatic nitrogens is 2. The Bertz CT molecular complexity index is 1570. The molecule has 0 bridgehead atoms. The second-order valence-corrected chi connectivity index (χ2v) is 9.84. The van der Waals surface area contributed by atoms with Crippen LogP contribution in [-0.4, -0.2) is 26.6 Å². The van der Waals surface area contributed by atoms with Crippen molar-refractivity contribution in [1.29, 1.82) is 0 Å². The van der Waals surface area contributed by atoms with Crippen molar-refractivity contribution in [2.45, 2.75) is 25.6 Å². The van der Waals surface area contributed by atoms with Crippen molar-refractivity contribution in [3.63, 3.8) is 0 Å². The molecular weight excluding hydrogens is 487 g/mol. The first kappa shape index (κ1) is 24.0. The summed E-state index contributed by atoms with van der Waals surface area (Å²) < 4.78 is 45.6. The molecule has 0 fully saturated rings. The molecule has 0 aliphatic carbocycles. The van der Waals surface area contributed by atoms with Crippen LogP contribution in [0.5, 0.6) is 0 Å². The number of benzene rings is 3. The Kier molecular flexibility index (Phi) is 5.84. The summed E-state index contributed by atoms with van der Waals surface area (Å²) >= 11 is 1.30. The highest BCUT2D eigenvalue weighted by molar-refractivity contribution is 7.07. The number of halogens is 3. The van der Waals surface area contributed by atoms with E-state index in [2.05, 4.69) is 9.69 Å². The largest absolute Gasteiger partial charge is 0.416 e. The zero-order valence-electron chi connectivity index (χ0n) is 19.4. The molecule has 0 aliphatic heterocycles. The minimum Gasteiger partial charge on any atom is -0.394 e. The monoisotopic (exact) mass is 509 g/mol. The van der Waals surface area contributed by atoms with E-state index in [-0.39, 0.29) is 12.5 Å². The van der Waals surface area contributed by atoms with E-state index in [0.717, 1.165) is 38.9 Å². The van der Waals surface area contributed by atoms with Gasteiger partial charge in [0.05, 0.1) is 23.2 Å². The third kappa shape index (κ3) is 4.04. The highest BCUT2D eigenvalue weighted by atomic mass is 32.1. The predicted molar refractivity (Wildman–Crippen MR) is 135 cm³/mol. The zero-order chi connectivity index (χ0) is 25.7. The molecule has 3 aromatic carbocycles. The van der Waals surface area contributed by atoms with Gasteiger partial charge in [-0.05, 0) is 73.4 Å². The number of hydrogen-bond acceptors (Lipinski definition) is 4. The van der Waals surface area contributed by atoms with Gasteiger partial charge in [0.2, 0.25) is 0 Å². The van der Waals surface area contributed by atoms with Crippen LogP contribution in [0.1, 0.15) is 33.3 Å². The minimum atomic E-state index is -4.42. The number of amides is 1. The summed E-state index contributed by atoms with van der Waals surface area (Å²) in [7, 11) is 0. The van der Waals surface area contributed by atoms with Gasteiger partial charge in [0, 0.05) is 26.9 Å². The van der Waals surface area contributed by atoms with E-state index >= 15 is 0 Å². The molecule has 1 atom stereocenters. The molecular formula is C27H22F3N3O2S.